The summed E-state index contributed by atoms with van der Waals surface area (Å²) in [6.07, 6.45) is 2.47. The molecule has 0 radical (unpaired) electrons. The molecule has 0 saturated heterocycles. The largest absolute Gasteiger partial charge is 0.351 e. The first-order chi connectivity index (χ1) is 11.1. The molecule has 1 aromatic carbocycles. The minimum Gasteiger partial charge on any atom is -0.351 e. The molecule has 7 heteroatoms. The van der Waals surface area contributed by atoms with E-state index in [9.17, 15) is 4.79 Å². The van der Waals surface area contributed by atoms with E-state index in [0.29, 0.717) is 28.8 Å². The van der Waals surface area contributed by atoms with Gasteiger partial charge in [0.2, 0.25) is 0 Å². The van der Waals surface area contributed by atoms with Gasteiger partial charge in [-0.3, -0.25) is 9.89 Å². The molecule has 0 aliphatic carbocycles. The molecule has 1 aliphatic rings. The number of hydrogen-bond donors (Lipinski definition) is 3. The number of rotatable bonds is 5. The van der Waals surface area contributed by atoms with Gasteiger partial charge >= 0.3 is 0 Å². The number of benzene rings is 1. The van der Waals surface area contributed by atoms with E-state index in [1.165, 1.54) is 0 Å². The number of fused-ring (bicyclic) bond motifs is 1. The second-order valence-electron chi connectivity index (χ2n) is 5.55. The molecule has 2 heterocycles. The van der Waals surface area contributed by atoms with E-state index in [1.807, 2.05) is 12.1 Å². The zero-order valence-corrected chi connectivity index (χ0v) is 14.1. The maximum Gasteiger partial charge on any atom is 0.272 e. The maximum absolute atomic E-state index is 12.2. The summed E-state index contributed by atoms with van der Waals surface area (Å²) in [6, 6.07) is 5.48. The summed E-state index contributed by atoms with van der Waals surface area (Å²) in [6.45, 7) is 2.18. The molecule has 0 spiro atoms. The fraction of sp³-hybridized carbons (Fsp3) is 0.375. The van der Waals surface area contributed by atoms with Gasteiger partial charge in [0.25, 0.3) is 5.91 Å². The van der Waals surface area contributed by atoms with Gasteiger partial charge in [-0.15, -0.1) is 0 Å². The lowest BCUT2D eigenvalue weighted by Gasteiger charge is -2.12. The lowest BCUT2D eigenvalue weighted by molar-refractivity contribution is 0.0947. The number of hydrogen-bond acceptors (Lipinski definition) is 3. The fourth-order valence-corrected chi connectivity index (χ4v) is 3.20. The van der Waals surface area contributed by atoms with E-state index in [-0.39, 0.29) is 5.91 Å². The fourth-order valence-electron chi connectivity index (χ4n) is 2.70. The third-order valence-electron chi connectivity index (χ3n) is 3.94. The first-order valence-electron chi connectivity index (χ1n) is 7.64. The van der Waals surface area contributed by atoms with Crippen LogP contribution in [-0.4, -0.2) is 29.2 Å². The molecular weight excluding hydrogens is 335 g/mol. The number of carbonyl (C=O) groups is 1. The van der Waals surface area contributed by atoms with Crippen molar-refractivity contribution in [3.63, 3.8) is 0 Å². The highest BCUT2D eigenvalue weighted by molar-refractivity contribution is 6.35. The number of amides is 1. The van der Waals surface area contributed by atoms with E-state index in [1.54, 1.807) is 6.07 Å². The Bertz CT molecular complexity index is 714. The summed E-state index contributed by atoms with van der Waals surface area (Å²) < 4.78 is 0. The van der Waals surface area contributed by atoms with Crippen LogP contribution in [0, 0.1) is 0 Å². The van der Waals surface area contributed by atoms with Crippen LogP contribution in [0.25, 0.3) is 0 Å². The van der Waals surface area contributed by atoms with Gasteiger partial charge in [-0.2, -0.15) is 5.10 Å². The Labute approximate surface area is 144 Å². The number of aromatic nitrogens is 2. The average Bonchev–Trinajstić information content (AvgIpc) is 2.97. The quantitative estimate of drug-likeness (QED) is 0.724. The highest BCUT2D eigenvalue weighted by atomic mass is 35.5. The van der Waals surface area contributed by atoms with Crippen molar-refractivity contribution >= 4 is 29.1 Å². The van der Waals surface area contributed by atoms with Crippen LogP contribution in [0.1, 0.15) is 33.7 Å². The minimum atomic E-state index is -0.131. The predicted octanol–water partition coefficient (Wildman–Crippen LogP) is 2.72. The molecule has 0 saturated carbocycles. The highest BCUT2D eigenvalue weighted by Crippen LogP contribution is 2.22. The standard InChI is InChI=1S/C16H18Cl2N4O/c17-11-4-3-10(13(18)8-11)2-1-6-20-16(23)15-12-9-19-7-5-14(12)21-22-15/h3-4,8,19H,1-2,5-7,9H2,(H,20,23)(H,21,22). The highest BCUT2D eigenvalue weighted by Gasteiger charge is 2.21. The van der Waals surface area contributed by atoms with Gasteiger partial charge in [0, 0.05) is 47.4 Å². The Kier molecular flexibility index (Phi) is 5.20. The maximum atomic E-state index is 12.2. The van der Waals surface area contributed by atoms with Crippen molar-refractivity contribution in [3.8, 4) is 0 Å². The third kappa shape index (κ3) is 3.86. The number of aromatic amines is 1. The molecule has 0 atom stereocenters. The molecule has 2 aromatic rings. The molecule has 1 amide bonds. The second-order valence-corrected chi connectivity index (χ2v) is 6.39. The van der Waals surface area contributed by atoms with E-state index in [2.05, 4.69) is 20.8 Å². The predicted molar refractivity (Wildman–Crippen MR) is 91.1 cm³/mol. The molecule has 0 unspecified atom stereocenters. The van der Waals surface area contributed by atoms with Gasteiger partial charge in [0.15, 0.2) is 5.69 Å². The lowest BCUT2D eigenvalue weighted by Crippen LogP contribution is -2.29. The van der Waals surface area contributed by atoms with Crippen molar-refractivity contribution in [2.24, 2.45) is 0 Å². The second kappa shape index (κ2) is 7.34. The summed E-state index contributed by atoms with van der Waals surface area (Å²) in [5.41, 5.74) is 3.57. The number of H-pyrrole nitrogens is 1. The van der Waals surface area contributed by atoms with Crippen molar-refractivity contribution in [1.82, 2.24) is 20.8 Å². The molecule has 1 aromatic heterocycles. The molecular formula is C16H18Cl2N4O. The average molecular weight is 353 g/mol. The molecule has 1 aliphatic heterocycles. The van der Waals surface area contributed by atoms with E-state index >= 15 is 0 Å². The minimum absolute atomic E-state index is 0.131. The Morgan fingerprint density at radius 2 is 2.22 bits per heavy atom. The van der Waals surface area contributed by atoms with Crippen LogP contribution < -0.4 is 10.6 Å². The van der Waals surface area contributed by atoms with Crippen molar-refractivity contribution in [1.29, 1.82) is 0 Å². The summed E-state index contributed by atoms with van der Waals surface area (Å²) in [5.74, 6) is -0.131. The SMILES string of the molecule is O=C(NCCCc1ccc(Cl)cc1Cl)c1n[nH]c2c1CNCC2. The van der Waals surface area contributed by atoms with Gasteiger partial charge < -0.3 is 10.6 Å². The van der Waals surface area contributed by atoms with Crippen molar-refractivity contribution in [2.75, 3.05) is 13.1 Å². The normalized spacial score (nSPS) is 13.7. The molecule has 0 bridgehead atoms. The first kappa shape index (κ1) is 16.3. The van der Waals surface area contributed by atoms with Gasteiger partial charge in [0.05, 0.1) is 0 Å². The molecule has 5 nitrogen and oxygen atoms in total. The monoisotopic (exact) mass is 352 g/mol. The summed E-state index contributed by atoms with van der Waals surface area (Å²) in [7, 11) is 0. The topological polar surface area (TPSA) is 69.8 Å². The summed E-state index contributed by atoms with van der Waals surface area (Å²) in [4.78, 5) is 12.2. The number of halogens is 2. The van der Waals surface area contributed by atoms with Crippen molar-refractivity contribution < 1.29 is 4.79 Å². The van der Waals surface area contributed by atoms with Gasteiger partial charge in [-0.1, -0.05) is 29.3 Å². The van der Waals surface area contributed by atoms with Gasteiger partial charge in [-0.05, 0) is 30.5 Å². The Hall–Kier alpha value is -1.56. The lowest BCUT2D eigenvalue weighted by atomic mass is 10.1. The van der Waals surface area contributed by atoms with Crippen LogP contribution in [0.4, 0.5) is 0 Å². The van der Waals surface area contributed by atoms with Gasteiger partial charge in [-0.25, -0.2) is 0 Å². The smallest absolute Gasteiger partial charge is 0.272 e. The zero-order valence-electron chi connectivity index (χ0n) is 12.6. The van der Waals surface area contributed by atoms with E-state index in [0.717, 1.165) is 42.6 Å². The number of nitrogens with one attached hydrogen (secondary N) is 3. The van der Waals surface area contributed by atoms with Crippen LogP contribution >= 0.6 is 23.2 Å². The molecule has 3 N–H and O–H groups in total. The zero-order chi connectivity index (χ0) is 16.2. The van der Waals surface area contributed by atoms with Gasteiger partial charge in [0.1, 0.15) is 0 Å². The Balaban J connectivity index is 1.51. The molecule has 0 fully saturated rings. The van der Waals surface area contributed by atoms with Crippen LogP contribution in [-0.2, 0) is 19.4 Å². The van der Waals surface area contributed by atoms with E-state index in [4.69, 9.17) is 23.2 Å². The van der Waals surface area contributed by atoms with Crippen molar-refractivity contribution in [2.45, 2.75) is 25.8 Å². The third-order valence-corrected chi connectivity index (χ3v) is 4.53. The first-order valence-corrected chi connectivity index (χ1v) is 8.39. The Morgan fingerprint density at radius 3 is 3.04 bits per heavy atom. The van der Waals surface area contributed by atoms with Crippen molar-refractivity contribution in [3.05, 3.63) is 50.8 Å². The molecule has 23 heavy (non-hydrogen) atoms. The molecule has 122 valence electrons. The summed E-state index contributed by atoms with van der Waals surface area (Å²) in [5, 5.41) is 14.6. The van der Waals surface area contributed by atoms with Crippen LogP contribution in [0.15, 0.2) is 18.2 Å². The Morgan fingerprint density at radius 1 is 1.35 bits per heavy atom. The van der Waals surface area contributed by atoms with Crippen LogP contribution in [0.5, 0.6) is 0 Å². The number of nitrogens with zero attached hydrogens (tertiary/aromatic N) is 1. The van der Waals surface area contributed by atoms with Crippen LogP contribution in [0.3, 0.4) is 0 Å². The molecule has 3 rings (SSSR count). The van der Waals surface area contributed by atoms with E-state index < -0.39 is 0 Å². The number of carbonyl (C=O) groups excluding carboxylic acids is 1. The number of aryl methyl sites for hydroxylation is 1. The van der Waals surface area contributed by atoms with Crippen LogP contribution in [0.2, 0.25) is 10.0 Å². The summed E-state index contributed by atoms with van der Waals surface area (Å²) >= 11 is 12.0.